The van der Waals surface area contributed by atoms with Crippen molar-refractivity contribution in [3.63, 3.8) is 0 Å². The molecule has 1 N–H and O–H groups in total. The molecular formula is C17H17F2N3O2. The summed E-state index contributed by atoms with van der Waals surface area (Å²) in [5.74, 6) is -1.79. The monoisotopic (exact) mass is 333 g/mol. The number of aromatic nitrogens is 1. The van der Waals surface area contributed by atoms with Crippen LogP contribution in [0.5, 0.6) is 5.75 Å². The van der Waals surface area contributed by atoms with Crippen LogP contribution >= 0.6 is 0 Å². The van der Waals surface area contributed by atoms with Gasteiger partial charge in [0.15, 0.2) is 0 Å². The summed E-state index contributed by atoms with van der Waals surface area (Å²) in [5, 5.41) is 2.55. The van der Waals surface area contributed by atoms with E-state index in [1.807, 2.05) is 6.07 Å². The van der Waals surface area contributed by atoms with Gasteiger partial charge in [0.1, 0.15) is 11.6 Å². The van der Waals surface area contributed by atoms with Crippen LogP contribution < -0.4 is 15.0 Å². The van der Waals surface area contributed by atoms with Crippen molar-refractivity contribution in [2.24, 2.45) is 0 Å². The van der Waals surface area contributed by atoms with Crippen LogP contribution in [-0.4, -0.2) is 30.1 Å². The Labute approximate surface area is 138 Å². The van der Waals surface area contributed by atoms with Gasteiger partial charge in [-0.25, -0.2) is 18.6 Å². The molecule has 2 heterocycles. The second-order valence-corrected chi connectivity index (χ2v) is 5.61. The molecule has 1 aliphatic rings. The topological polar surface area (TPSA) is 54.5 Å². The van der Waals surface area contributed by atoms with Crippen LogP contribution in [0.3, 0.4) is 0 Å². The summed E-state index contributed by atoms with van der Waals surface area (Å²) in [6, 6.07) is 11.9. The number of halogens is 2. The SMILES string of the molecule is O=C(Nc1ccc(N2CCCC(F)(F)C2)nc1)Oc1ccccc1. The fraction of sp³-hybridized carbons (Fsp3) is 0.294. The fourth-order valence-electron chi connectivity index (χ4n) is 2.55. The number of rotatable bonds is 3. The molecular weight excluding hydrogens is 316 g/mol. The van der Waals surface area contributed by atoms with Crippen LogP contribution in [0, 0.1) is 0 Å². The predicted molar refractivity (Wildman–Crippen MR) is 86.7 cm³/mol. The lowest BCUT2D eigenvalue weighted by Crippen LogP contribution is -2.43. The molecule has 7 heteroatoms. The lowest BCUT2D eigenvalue weighted by molar-refractivity contribution is -0.0118. The highest BCUT2D eigenvalue weighted by atomic mass is 19.3. The number of amides is 1. The normalized spacial score (nSPS) is 16.5. The number of carbonyl (C=O) groups excluding carboxylic acids is 1. The number of carbonyl (C=O) groups is 1. The van der Waals surface area contributed by atoms with Crippen LogP contribution in [0.4, 0.5) is 25.1 Å². The Morgan fingerprint density at radius 2 is 2.00 bits per heavy atom. The molecule has 1 saturated heterocycles. The van der Waals surface area contributed by atoms with Crippen molar-refractivity contribution in [1.82, 2.24) is 4.98 Å². The molecule has 0 atom stereocenters. The molecule has 1 aromatic carbocycles. The van der Waals surface area contributed by atoms with E-state index < -0.39 is 12.0 Å². The van der Waals surface area contributed by atoms with E-state index in [-0.39, 0.29) is 13.0 Å². The number of nitrogens with one attached hydrogen (secondary N) is 1. The molecule has 0 radical (unpaired) electrons. The van der Waals surface area contributed by atoms with E-state index in [4.69, 9.17) is 4.74 Å². The predicted octanol–water partition coefficient (Wildman–Crippen LogP) is 3.93. The number of hydrogen-bond acceptors (Lipinski definition) is 4. The van der Waals surface area contributed by atoms with Gasteiger partial charge in [-0.1, -0.05) is 18.2 Å². The van der Waals surface area contributed by atoms with Gasteiger partial charge >= 0.3 is 6.09 Å². The van der Waals surface area contributed by atoms with Gasteiger partial charge in [-0.05, 0) is 30.7 Å². The molecule has 0 spiro atoms. The van der Waals surface area contributed by atoms with Crippen molar-refractivity contribution >= 4 is 17.6 Å². The average molecular weight is 333 g/mol. The number of hydrogen-bond donors (Lipinski definition) is 1. The summed E-state index contributed by atoms with van der Waals surface area (Å²) in [5.41, 5.74) is 0.434. The van der Waals surface area contributed by atoms with Crippen molar-refractivity contribution in [1.29, 1.82) is 0 Å². The van der Waals surface area contributed by atoms with Crippen LogP contribution in [0.2, 0.25) is 0 Å². The second-order valence-electron chi connectivity index (χ2n) is 5.61. The Balaban J connectivity index is 1.59. The fourth-order valence-corrected chi connectivity index (χ4v) is 2.55. The minimum absolute atomic E-state index is 0.0888. The van der Waals surface area contributed by atoms with E-state index in [1.54, 1.807) is 41.3 Å². The second kappa shape index (κ2) is 6.82. The zero-order valence-corrected chi connectivity index (χ0v) is 12.9. The van der Waals surface area contributed by atoms with Crippen LogP contribution in [0.25, 0.3) is 0 Å². The standard InChI is InChI=1S/C17H17F2N3O2/c18-17(19)9-4-10-22(12-17)15-8-7-13(11-20-15)21-16(23)24-14-5-2-1-3-6-14/h1-3,5-8,11H,4,9-10,12H2,(H,21,23). The first kappa shape index (κ1) is 16.2. The van der Waals surface area contributed by atoms with E-state index >= 15 is 0 Å². The summed E-state index contributed by atoms with van der Waals surface area (Å²) >= 11 is 0. The van der Waals surface area contributed by atoms with Crippen molar-refractivity contribution in [2.75, 3.05) is 23.3 Å². The number of nitrogens with zero attached hydrogens (tertiary/aromatic N) is 2. The van der Waals surface area contributed by atoms with Crippen molar-refractivity contribution in [3.05, 3.63) is 48.7 Å². The smallest absolute Gasteiger partial charge is 0.410 e. The van der Waals surface area contributed by atoms with Gasteiger partial charge in [-0.15, -0.1) is 0 Å². The molecule has 24 heavy (non-hydrogen) atoms. The molecule has 5 nitrogen and oxygen atoms in total. The Hall–Kier alpha value is -2.70. The van der Waals surface area contributed by atoms with E-state index in [9.17, 15) is 13.6 Å². The molecule has 0 bridgehead atoms. The van der Waals surface area contributed by atoms with Gasteiger partial charge < -0.3 is 9.64 Å². The zero-order valence-electron chi connectivity index (χ0n) is 12.9. The lowest BCUT2D eigenvalue weighted by atomic mass is 10.1. The van der Waals surface area contributed by atoms with Crippen molar-refractivity contribution in [2.45, 2.75) is 18.8 Å². The Bertz CT molecular complexity index is 693. The van der Waals surface area contributed by atoms with E-state index in [0.29, 0.717) is 30.2 Å². The van der Waals surface area contributed by atoms with Crippen molar-refractivity contribution < 1.29 is 18.3 Å². The van der Waals surface area contributed by atoms with Crippen molar-refractivity contribution in [3.8, 4) is 5.75 Å². The highest BCUT2D eigenvalue weighted by Gasteiger charge is 2.35. The molecule has 3 rings (SSSR count). The number of alkyl halides is 2. The van der Waals surface area contributed by atoms with Gasteiger partial charge in [0, 0.05) is 13.0 Å². The summed E-state index contributed by atoms with van der Waals surface area (Å²) < 4.78 is 32.0. The molecule has 1 amide bonds. The van der Waals surface area contributed by atoms with Crippen LogP contribution in [0.1, 0.15) is 12.8 Å². The third-order valence-electron chi connectivity index (χ3n) is 3.66. The third kappa shape index (κ3) is 4.18. The molecule has 0 aliphatic carbocycles. The van der Waals surface area contributed by atoms with Crippen LogP contribution in [-0.2, 0) is 0 Å². The summed E-state index contributed by atoms with van der Waals surface area (Å²) in [6.07, 6.45) is 1.13. The van der Waals surface area contributed by atoms with Gasteiger partial charge in [-0.3, -0.25) is 5.32 Å². The molecule has 0 unspecified atom stereocenters. The summed E-state index contributed by atoms with van der Waals surface area (Å²) in [6.45, 7) is 0.217. The molecule has 1 aliphatic heterocycles. The van der Waals surface area contributed by atoms with E-state index in [2.05, 4.69) is 10.3 Å². The molecule has 1 aromatic heterocycles. The van der Waals surface area contributed by atoms with E-state index in [1.165, 1.54) is 6.20 Å². The average Bonchev–Trinajstić information content (AvgIpc) is 2.55. The maximum Gasteiger partial charge on any atom is 0.417 e. The highest BCUT2D eigenvalue weighted by molar-refractivity contribution is 5.86. The minimum Gasteiger partial charge on any atom is -0.410 e. The molecule has 0 saturated carbocycles. The first-order valence-corrected chi connectivity index (χ1v) is 7.65. The Kier molecular flexibility index (Phi) is 4.59. The first-order valence-electron chi connectivity index (χ1n) is 7.65. The number of piperidine rings is 1. The molecule has 126 valence electrons. The maximum atomic E-state index is 13.5. The number of anilines is 2. The number of ether oxygens (including phenoxy) is 1. The first-order chi connectivity index (χ1) is 11.5. The quantitative estimate of drug-likeness (QED) is 0.925. The molecule has 2 aromatic rings. The van der Waals surface area contributed by atoms with Gasteiger partial charge in [0.05, 0.1) is 18.4 Å². The van der Waals surface area contributed by atoms with Crippen LogP contribution in [0.15, 0.2) is 48.7 Å². The summed E-state index contributed by atoms with van der Waals surface area (Å²) in [7, 11) is 0. The van der Waals surface area contributed by atoms with Gasteiger partial charge in [-0.2, -0.15) is 0 Å². The lowest BCUT2D eigenvalue weighted by Gasteiger charge is -2.33. The largest absolute Gasteiger partial charge is 0.417 e. The Morgan fingerprint density at radius 3 is 2.67 bits per heavy atom. The van der Waals surface area contributed by atoms with Gasteiger partial charge in [0.25, 0.3) is 5.92 Å². The number of para-hydroxylation sites is 1. The maximum absolute atomic E-state index is 13.5. The Morgan fingerprint density at radius 1 is 1.21 bits per heavy atom. The van der Waals surface area contributed by atoms with E-state index in [0.717, 1.165) is 0 Å². The third-order valence-corrected chi connectivity index (χ3v) is 3.66. The van der Waals surface area contributed by atoms with Gasteiger partial charge in [0.2, 0.25) is 0 Å². The zero-order chi connectivity index (χ0) is 17.0. The minimum atomic E-state index is -2.68. The summed E-state index contributed by atoms with van der Waals surface area (Å²) in [4.78, 5) is 17.5. The highest BCUT2D eigenvalue weighted by Crippen LogP contribution is 2.29. The number of pyridine rings is 1. The number of benzene rings is 1. The molecule has 1 fully saturated rings.